The van der Waals surface area contributed by atoms with Crippen LogP contribution in [-0.2, 0) is 4.74 Å². The van der Waals surface area contributed by atoms with E-state index in [4.69, 9.17) is 4.74 Å². The molecule has 1 unspecified atom stereocenters. The Balaban J connectivity index is 1.96. The molecule has 0 radical (unpaired) electrons. The van der Waals surface area contributed by atoms with Crippen LogP contribution in [0.3, 0.4) is 0 Å². The van der Waals surface area contributed by atoms with Crippen LogP contribution in [0.2, 0.25) is 0 Å². The van der Waals surface area contributed by atoms with E-state index in [1.54, 1.807) is 42.4 Å². The van der Waals surface area contributed by atoms with E-state index < -0.39 is 4.92 Å². The van der Waals surface area contributed by atoms with Gasteiger partial charge in [0.2, 0.25) is 0 Å². The predicted molar refractivity (Wildman–Crippen MR) is 92.7 cm³/mol. The zero-order valence-corrected chi connectivity index (χ0v) is 13.9. The van der Waals surface area contributed by atoms with Gasteiger partial charge in [-0.2, -0.15) is 0 Å². The number of nitrogens with zero attached hydrogens (tertiary/aromatic N) is 3. The molecule has 0 bridgehead atoms. The summed E-state index contributed by atoms with van der Waals surface area (Å²) >= 11 is 0. The minimum Gasteiger partial charge on any atom is -0.376 e. The SMILES string of the molecule is Cc1ccc([N+](=O)[O-])cc1C(=O)N(CC1CCCO1)c1ccncc1. The molecule has 1 fully saturated rings. The quantitative estimate of drug-likeness (QED) is 0.616. The summed E-state index contributed by atoms with van der Waals surface area (Å²) in [6.07, 6.45) is 5.06. The van der Waals surface area contributed by atoms with Gasteiger partial charge in [0, 0.05) is 42.4 Å². The highest BCUT2D eigenvalue weighted by atomic mass is 16.6. The summed E-state index contributed by atoms with van der Waals surface area (Å²) in [6.45, 7) is 2.87. The zero-order chi connectivity index (χ0) is 17.8. The number of anilines is 1. The molecular weight excluding hydrogens is 322 g/mol. The van der Waals surface area contributed by atoms with Gasteiger partial charge in [-0.25, -0.2) is 0 Å². The second-order valence-electron chi connectivity index (χ2n) is 6.01. The normalized spacial score (nSPS) is 16.6. The third kappa shape index (κ3) is 3.83. The second-order valence-corrected chi connectivity index (χ2v) is 6.01. The minimum atomic E-state index is -0.493. The lowest BCUT2D eigenvalue weighted by atomic mass is 10.1. The molecule has 3 rings (SSSR count). The van der Waals surface area contributed by atoms with Crippen LogP contribution in [-0.4, -0.2) is 35.1 Å². The predicted octanol–water partition coefficient (Wildman–Crippen LogP) is 3.12. The molecule has 0 N–H and O–H groups in total. The number of ether oxygens (including phenoxy) is 1. The van der Waals surface area contributed by atoms with Gasteiger partial charge in [-0.3, -0.25) is 19.9 Å². The minimum absolute atomic E-state index is 0.0314. The first-order valence-corrected chi connectivity index (χ1v) is 8.15. The van der Waals surface area contributed by atoms with E-state index in [1.165, 1.54) is 12.1 Å². The number of non-ortho nitro benzene ring substituents is 1. The Bertz CT molecular complexity index is 773. The summed E-state index contributed by atoms with van der Waals surface area (Å²) in [6, 6.07) is 7.84. The Labute approximate surface area is 145 Å². The van der Waals surface area contributed by atoms with Crippen molar-refractivity contribution in [1.29, 1.82) is 0 Å². The highest BCUT2D eigenvalue weighted by Gasteiger charge is 2.26. The summed E-state index contributed by atoms with van der Waals surface area (Å²) in [4.78, 5) is 29.3. The number of pyridine rings is 1. The van der Waals surface area contributed by atoms with Gasteiger partial charge in [-0.15, -0.1) is 0 Å². The summed E-state index contributed by atoms with van der Waals surface area (Å²) in [5.41, 5.74) is 1.62. The third-order valence-corrected chi connectivity index (χ3v) is 4.29. The molecule has 1 aromatic carbocycles. The first kappa shape index (κ1) is 17.0. The number of benzene rings is 1. The number of nitro groups is 1. The smallest absolute Gasteiger partial charge is 0.270 e. The molecule has 25 heavy (non-hydrogen) atoms. The average Bonchev–Trinajstić information content (AvgIpc) is 3.13. The van der Waals surface area contributed by atoms with Crippen molar-refractivity contribution < 1.29 is 14.5 Å². The lowest BCUT2D eigenvalue weighted by Crippen LogP contribution is -2.37. The van der Waals surface area contributed by atoms with Crippen molar-refractivity contribution in [2.45, 2.75) is 25.9 Å². The van der Waals surface area contributed by atoms with Crippen LogP contribution in [0, 0.1) is 17.0 Å². The number of rotatable bonds is 5. The summed E-state index contributed by atoms with van der Waals surface area (Å²) in [7, 11) is 0. The fourth-order valence-electron chi connectivity index (χ4n) is 2.92. The molecule has 0 aliphatic carbocycles. The standard InChI is InChI=1S/C18H19N3O4/c1-13-4-5-15(21(23)24)11-17(13)18(22)20(12-16-3-2-10-25-16)14-6-8-19-9-7-14/h4-9,11,16H,2-3,10,12H2,1H3. The molecule has 1 atom stereocenters. The van der Waals surface area contributed by atoms with Crippen LogP contribution in [0.25, 0.3) is 0 Å². The molecule has 1 amide bonds. The molecule has 1 aliphatic heterocycles. The van der Waals surface area contributed by atoms with Gasteiger partial charge in [0.05, 0.1) is 17.6 Å². The Morgan fingerprint density at radius 2 is 2.12 bits per heavy atom. The molecule has 1 aliphatic rings. The van der Waals surface area contributed by atoms with Gasteiger partial charge in [0.15, 0.2) is 0 Å². The Hall–Kier alpha value is -2.80. The van der Waals surface area contributed by atoms with E-state index in [0.717, 1.165) is 12.8 Å². The highest BCUT2D eigenvalue weighted by Crippen LogP contribution is 2.24. The maximum absolute atomic E-state index is 13.2. The van der Waals surface area contributed by atoms with Crippen molar-refractivity contribution >= 4 is 17.3 Å². The average molecular weight is 341 g/mol. The fourth-order valence-corrected chi connectivity index (χ4v) is 2.92. The van der Waals surface area contributed by atoms with Crippen molar-refractivity contribution in [3.05, 3.63) is 64.0 Å². The first-order chi connectivity index (χ1) is 12.1. The summed E-state index contributed by atoms with van der Waals surface area (Å²) in [5, 5.41) is 11.1. The lowest BCUT2D eigenvalue weighted by molar-refractivity contribution is -0.384. The van der Waals surface area contributed by atoms with E-state index in [0.29, 0.717) is 30.0 Å². The molecule has 7 nitrogen and oxygen atoms in total. The van der Waals surface area contributed by atoms with E-state index >= 15 is 0 Å². The summed E-state index contributed by atoms with van der Waals surface area (Å²) < 4.78 is 5.67. The number of aryl methyl sites for hydroxylation is 1. The van der Waals surface area contributed by atoms with E-state index in [9.17, 15) is 14.9 Å². The number of nitro benzene ring substituents is 1. The molecule has 2 heterocycles. The lowest BCUT2D eigenvalue weighted by Gasteiger charge is -2.26. The number of amides is 1. The van der Waals surface area contributed by atoms with Crippen LogP contribution in [0.15, 0.2) is 42.7 Å². The van der Waals surface area contributed by atoms with Crippen molar-refractivity contribution in [2.75, 3.05) is 18.1 Å². The number of carbonyl (C=O) groups excluding carboxylic acids is 1. The van der Waals surface area contributed by atoms with Gasteiger partial charge in [-0.1, -0.05) is 6.07 Å². The maximum atomic E-state index is 13.2. The maximum Gasteiger partial charge on any atom is 0.270 e. The monoisotopic (exact) mass is 341 g/mol. The Kier molecular flexibility index (Phi) is 5.04. The first-order valence-electron chi connectivity index (χ1n) is 8.15. The van der Waals surface area contributed by atoms with Crippen molar-refractivity contribution in [1.82, 2.24) is 4.98 Å². The third-order valence-electron chi connectivity index (χ3n) is 4.29. The van der Waals surface area contributed by atoms with E-state index in [1.807, 2.05) is 0 Å². The molecule has 0 saturated carbocycles. The molecule has 0 spiro atoms. The van der Waals surface area contributed by atoms with Crippen molar-refractivity contribution in [2.24, 2.45) is 0 Å². The fraction of sp³-hybridized carbons (Fsp3) is 0.333. The van der Waals surface area contributed by atoms with Crippen LogP contribution in [0.5, 0.6) is 0 Å². The number of hydrogen-bond acceptors (Lipinski definition) is 5. The molecule has 7 heteroatoms. The largest absolute Gasteiger partial charge is 0.376 e. The van der Waals surface area contributed by atoms with Crippen LogP contribution in [0.1, 0.15) is 28.8 Å². The van der Waals surface area contributed by atoms with Gasteiger partial charge in [-0.05, 0) is 37.5 Å². The summed E-state index contributed by atoms with van der Waals surface area (Å²) in [5.74, 6) is -0.275. The van der Waals surface area contributed by atoms with Gasteiger partial charge >= 0.3 is 0 Å². The Morgan fingerprint density at radius 1 is 1.36 bits per heavy atom. The molecular formula is C18H19N3O4. The van der Waals surface area contributed by atoms with E-state index in [2.05, 4.69) is 4.98 Å². The van der Waals surface area contributed by atoms with Crippen LogP contribution in [0.4, 0.5) is 11.4 Å². The molecule has 2 aromatic rings. The van der Waals surface area contributed by atoms with Crippen molar-refractivity contribution in [3.8, 4) is 0 Å². The van der Waals surface area contributed by atoms with Crippen molar-refractivity contribution in [3.63, 3.8) is 0 Å². The zero-order valence-electron chi connectivity index (χ0n) is 13.9. The van der Waals surface area contributed by atoms with E-state index in [-0.39, 0.29) is 17.7 Å². The number of aromatic nitrogens is 1. The molecule has 1 saturated heterocycles. The topological polar surface area (TPSA) is 85.6 Å². The van der Waals surface area contributed by atoms with Crippen LogP contribution < -0.4 is 4.90 Å². The number of carbonyl (C=O) groups is 1. The molecule has 1 aromatic heterocycles. The molecule has 130 valence electrons. The Morgan fingerprint density at radius 3 is 2.76 bits per heavy atom. The highest BCUT2D eigenvalue weighted by molar-refractivity contribution is 6.07. The number of hydrogen-bond donors (Lipinski definition) is 0. The van der Waals surface area contributed by atoms with Gasteiger partial charge < -0.3 is 9.64 Å². The van der Waals surface area contributed by atoms with Gasteiger partial charge in [0.1, 0.15) is 0 Å². The van der Waals surface area contributed by atoms with Crippen LogP contribution >= 0.6 is 0 Å². The second kappa shape index (κ2) is 7.40. The van der Waals surface area contributed by atoms with Gasteiger partial charge in [0.25, 0.3) is 11.6 Å².